The molecule has 1 fully saturated rings. The zero-order valence-electron chi connectivity index (χ0n) is 7.42. The molecule has 11 heavy (non-hydrogen) atoms. The molecular formula is C9H15NS. The fourth-order valence-electron chi connectivity index (χ4n) is 2.30. The first-order valence-electron chi connectivity index (χ1n) is 4.24. The molecule has 1 aliphatic carbocycles. The van der Waals surface area contributed by atoms with Gasteiger partial charge in [0.05, 0.1) is 11.1 Å². The van der Waals surface area contributed by atoms with Gasteiger partial charge in [0.1, 0.15) is 0 Å². The zero-order chi connectivity index (χ0) is 8.06. The predicted octanol–water partition coefficient (Wildman–Crippen LogP) is 2.57. The molecule has 0 amide bonds. The van der Waals surface area contributed by atoms with Crippen molar-refractivity contribution in [3.05, 3.63) is 0 Å². The number of thioether (sulfide) groups is 1. The third kappa shape index (κ3) is 1.03. The molecule has 0 saturated heterocycles. The van der Waals surface area contributed by atoms with Crippen molar-refractivity contribution >= 4 is 16.8 Å². The van der Waals surface area contributed by atoms with Gasteiger partial charge in [-0.1, -0.05) is 13.8 Å². The van der Waals surface area contributed by atoms with Crippen molar-refractivity contribution in [3.63, 3.8) is 0 Å². The molecule has 2 heteroatoms. The van der Waals surface area contributed by atoms with Crippen molar-refractivity contribution in [1.29, 1.82) is 0 Å². The molecule has 0 spiro atoms. The molecule has 0 bridgehead atoms. The van der Waals surface area contributed by atoms with Gasteiger partial charge in [-0.2, -0.15) is 0 Å². The fourth-order valence-corrected chi connectivity index (χ4v) is 2.89. The summed E-state index contributed by atoms with van der Waals surface area (Å²) in [4.78, 5) is 4.65. The molecule has 0 aromatic carbocycles. The van der Waals surface area contributed by atoms with Crippen LogP contribution in [0.4, 0.5) is 0 Å². The molecule has 0 aromatic heterocycles. The van der Waals surface area contributed by atoms with E-state index < -0.39 is 0 Å². The van der Waals surface area contributed by atoms with Crippen LogP contribution in [0.3, 0.4) is 0 Å². The van der Waals surface area contributed by atoms with E-state index in [-0.39, 0.29) is 0 Å². The smallest absolute Gasteiger partial charge is 0.0680 e. The Labute approximate surface area is 72.7 Å². The standard InChI is InChI=1S/C9H15NS/c1-9(2)5-7-6(9)4-8(10-7)11-3/h6-7H,4-5H2,1-3H3/t6-,7+/m1/s1. The molecule has 0 N–H and O–H groups in total. The molecule has 62 valence electrons. The van der Waals surface area contributed by atoms with Crippen molar-refractivity contribution in [2.75, 3.05) is 6.26 Å². The number of hydrogen-bond donors (Lipinski definition) is 0. The molecule has 1 aliphatic heterocycles. The summed E-state index contributed by atoms with van der Waals surface area (Å²) in [6.45, 7) is 4.74. The lowest BCUT2D eigenvalue weighted by Crippen LogP contribution is -2.44. The van der Waals surface area contributed by atoms with E-state index in [2.05, 4.69) is 25.1 Å². The van der Waals surface area contributed by atoms with Crippen molar-refractivity contribution in [2.24, 2.45) is 16.3 Å². The summed E-state index contributed by atoms with van der Waals surface area (Å²) in [6.07, 6.45) is 4.69. The summed E-state index contributed by atoms with van der Waals surface area (Å²) in [5.74, 6) is 0.866. The van der Waals surface area contributed by atoms with Crippen molar-refractivity contribution in [3.8, 4) is 0 Å². The van der Waals surface area contributed by atoms with Crippen molar-refractivity contribution in [1.82, 2.24) is 0 Å². The van der Waals surface area contributed by atoms with Gasteiger partial charge in [0, 0.05) is 6.42 Å². The van der Waals surface area contributed by atoms with Gasteiger partial charge in [-0.3, -0.25) is 4.99 Å². The van der Waals surface area contributed by atoms with Crippen LogP contribution in [0.25, 0.3) is 0 Å². The summed E-state index contributed by atoms with van der Waals surface area (Å²) < 4.78 is 0. The monoisotopic (exact) mass is 169 g/mol. The van der Waals surface area contributed by atoms with E-state index >= 15 is 0 Å². The van der Waals surface area contributed by atoms with Crippen LogP contribution >= 0.6 is 11.8 Å². The molecule has 2 aliphatic rings. The van der Waals surface area contributed by atoms with Crippen LogP contribution in [0.15, 0.2) is 4.99 Å². The lowest BCUT2D eigenvalue weighted by molar-refractivity contribution is 0.0604. The predicted molar refractivity (Wildman–Crippen MR) is 51.2 cm³/mol. The third-order valence-corrected chi connectivity index (χ3v) is 3.89. The van der Waals surface area contributed by atoms with Gasteiger partial charge in [0.2, 0.25) is 0 Å². The largest absolute Gasteiger partial charge is 0.279 e. The lowest BCUT2D eigenvalue weighted by Gasteiger charge is -2.46. The molecule has 0 unspecified atom stereocenters. The molecule has 1 heterocycles. The Morgan fingerprint density at radius 2 is 2.27 bits per heavy atom. The van der Waals surface area contributed by atoms with Gasteiger partial charge in [-0.15, -0.1) is 11.8 Å². The second kappa shape index (κ2) is 2.25. The van der Waals surface area contributed by atoms with Gasteiger partial charge < -0.3 is 0 Å². The highest BCUT2D eigenvalue weighted by atomic mass is 32.2. The Kier molecular flexibility index (Phi) is 1.57. The highest BCUT2D eigenvalue weighted by molar-refractivity contribution is 8.13. The van der Waals surface area contributed by atoms with Gasteiger partial charge >= 0.3 is 0 Å². The number of fused-ring (bicyclic) bond motifs is 1. The summed E-state index contributed by atoms with van der Waals surface area (Å²) in [7, 11) is 0. The summed E-state index contributed by atoms with van der Waals surface area (Å²) in [5.41, 5.74) is 0.575. The summed E-state index contributed by atoms with van der Waals surface area (Å²) in [6, 6.07) is 0.687. The third-order valence-electron chi connectivity index (χ3n) is 3.14. The summed E-state index contributed by atoms with van der Waals surface area (Å²) in [5, 5.41) is 1.38. The fraction of sp³-hybridized carbons (Fsp3) is 0.889. The van der Waals surface area contributed by atoms with E-state index in [1.54, 1.807) is 0 Å². The van der Waals surface area contributed by atoms with E-state index in [1.165, 1.54) is 17.9 Å². The second-order valence-corrected chi connectivity index (χ2v) is 5.18. The molecule has 0 radical (unpaired) electrons. The Bertz CT molecular complexity index is 208. The Morgan fingerprint density at radius 1 is 1.55 bits per heavy atom. The van der Waals surface area contributed by atoms with Crippen LogP contribution in [-0.2, 0) is 0 Å². The van der Waals surface area contributed by atoms with E-state index in [0.29, 0.717) is 11.5 Å². The van der Waals surface area contributed by atoms with Gasteiger partial charge in [0.25, 0.3) is 0 Å². The maximum Gasteiger partial charge on any atom is 0.0680 e. The second-order valence-electron chi connectivity index (χ2n) is 4.30. The topological polar surface area (TPSA) is 12.4 Å². The number of rotatable bonds is 0. The average molecular weight is 169 g/mol. The van der Waals surface area contributed by atoms with Crippen LogP contribution < -0.4 is 0 Å². The SMILES string of the molecule is CSC1=N[C@H]2CC(C)(C)[C@@H]2C1. The van der Waals surface area contributed by atoms with Crippen LogP contribution in [-0.4, -0.2) is 17.3 Å². The minimum absolute atomic E-state index is 0.575. The zero-order valence-corrected chi connectivity index (χ0v) is 8.24. The van der Waals surface area contributed by atoms with E-state index in [4.69, 9.17) is 0 Å². The van der Waals surface area contributed by atoms with Crippen molar-refractivity contribution < 1.29 is 0 Å². The number of aliphatic imine (C=N–C) groups is 1. The molecule has 1 saturated carbocycles. The lowest BCUT2D eigenvalue weighted by atomic mass is 9.59. The first-order valence-corrected chi connectivity index (χ1v) is 5.46. The average Bonchev–Trinajstić information content (AvgIpc) is 2.27. The first-order chi connectivity index (χ1) is 5.13. The summed E-state index contributed by atoms with van der Waals surface area (Å²) >= 11 is 1.83. The van der Waals surface area contributed by atoms with Gasteiger partial charge in [-0.05, 0) is 24.0 Å². The van der Waals surface area contributed by atoms with Crippen LogP contribution in [0.5, 0.6) is 0 Å². The highest BCUT2D eigenvalue weighted by Crippen LogP contribution is 2.53. The highest BCUT2D eigenvalue weighted by Gasteiger charge is 2.50. The minimum atomic E-state index is 0.575. The molecule has 2 rings (SSSR count). The quantitative estimate of drug-likeness (QED) is 0.543. The molecule has 1 nitrogen and oxygen atoms in total. The molecule has 0 aromatic rings. The Hall–Kier alpha value is 0.0200. The molecular weight excluding hydrogens is 154 g/mol. The normalized spacial score (nSPS) is 39.4. The first kappa shape index (κ1) is 7.66. The maximum absolute atomic E-state index is 4.65. The van der Waals surface area contributed by atoms with E-state index in [1.807, 2.05) is 11.8 Å². The number of nitrogens with zero attached hydrogens (tertiary/aromatic N) is 1. The number of hydrogen-bond acceptors (Lipinski definition) is 2. The van der Waals surface area contributed by atoms with Crippen molar-refractivity contribution in [2.45, 2.75) is 32.7 Å². The van der Waals surface area contributed by atoms with Gasteiger partial charge in [0.15, 0.2) is 0 Å². The van der Waals surface area contributed by atoms with Crippen LogP contribution in [0, 0.1) is 11.3 Å². The Balaban J connectivity index is 2.07. The minimum Gasteiger partial charge on any atom is -0.279 e. The van der Waals surface area contributed by atoms with Crippen LogP contribution in [0.1, 0.15) is 26.7 Å². The molecule has 2 atom stereocenters. The van der Waals surface area contributed by atoms with E-state index in [0.717, 1.165) is 5.92 Å². The Morgan fingerprint density at radius 3 is 2.73 bits per heavy atom. The van der Waals surface area contributed by atoms with E-state index in [9.17, 15) is 0 Å². The van der Waals surface area contributed by atoms with Crippen LogP contribution in [0.2, 0.25) is 0 Å². The van der Waals surface area contributed by atoms with Gasteiger partial charge in [-0.25, -0.2) is 0 Å². The maximum atomic E-state index is 4.65.